The molecule has 0 saturated carbocycles. The first kappa shape index (κ1) is 9.98. The monoisotopic (exact) mass is 224 g/mol. The molecule has 0 radical (unpaired) electrons. The fraction of sp³-hybridized carbons (Fsp3) is 0. The van der Waals surface area contributed by atoms with Crippen molar-refractivity contribution in [2.45, 2.75) is 0 Å². The van der Waals surface area contributed by atoms with E-state index in [-0.39, 0.29) is 6.29 Å². The van der Waals surface area contributed by atoms with E-state index in [1.807, 2.05) is 5.38 Å². The molecule has 0 spiro atoms. The van der Waals surface area contributed by atoms with E-state index in [1.165, 1.54) is 23.5 Å². The van der Waals surface area contributed by atoms with Gasteiger partial charge in [-0.3, -0.25) is 4.79 Å². The Kier molecular flexibility index (Phi) is 2.60. The van der Waals surface area contributed by atoms with Gasteiger partial charge in [0.05, 0.1) is 5.56 Å². The number of rotatable bonds is 2. The molecule has 0 unspecified atom stereocenters. The average Bonchev–Trinajstić information content (AvgIpc) is 2.69. The zero-order chi connectivity index (χ0) is 10.8. The molecule has 0 bridgehead atoms. The highest BCUT2D eigenvalue weighted by Crippen LogP contribution is 2.27. The molecule has 0 aliphatic carbocycles. The third kappa shape index (κ3) is 1.80. The van der Waals surface area contributed by atoms with Crippen molar-refractivity contribution in [1.82, 2.24) is 0 Å². The van der Waals surface area contributed by atoms with E-state index in [1.54, 1.807) is 12.1 Å². The fourth-order valence-electron chi connectivity index (χ4n) is 1.28. The van der Waals surface area contributed by atoms with Gasteiger partial charge in [0.15, 0.2) is 6.29 Å². The van der Waals surface area contributed by atoms with Crippen LogP contribution < -0.4 is 0 Å². The van der Waals surface area contributed by atoms with Crippen molar-refractivity contribution in [3.05, 3.63) is 46.8 Å². The van der Waals surface area contributed by atoms with Gasteiger partial charge in [0, 0.05) is 4.88 Å². The highest BCUT2D eigenvalue weighted by Gasteiger charge is 2.11. The number of thiophene rings is 1. The SMILES string of the molecule is O=Cc1c(F)cc(-c2cccs2)cc1F. The van der Waals surface area contributed by atoms with E-state index in [2.05, 4.69) is 0 Å². The first-order valence-corrected chi connectivity index (χ1v) is 5.08. The topological polar surface area (TPSA) is 17.1 Å². The lowest BCUT2D eigenvalue weighted by Crippen LogP contribution is -1.94. The van der Waals surface area contributed by atoms with Crippen molar-refractivity contribution >= 4 is 17.6 Å². The maximum atomic E-state index is 13.2. The summed E-state index contributed by atoms with van der Waals surface area (Å²) in [4.78, 5) is 11.1. The van der Waals surface area contributed by atoms with Gasteiger partial charge in [-0.1, -0.05) is 6.07 Å². The second-order valence-corrected chi connectivity index (χ2v) is 3.90. The number of carbonyl (C=O) groups excluding carboxylic acids is 1. The molecule has 1 aromatic heterocycles. The predicted molar refractivity (Wildman–Crippen MR) is 55.1 cm³/mol. The molecule has 0 N–H and O–H groups in total. The van der Waals surface area contributed by atoms with Crippen LogP contribution in [0.1, 0.15) is 10.4 Å². The summed E-state index contributed by atoms with van der Waals surface area (Å²) in [5.74, 6) is -1.65. The summed E-state index contributed by atoms with van der Waals surface area (Å²) in [6.07, 6.45) is 0.183. The van der Waals surface area contributed by atoms with Gasteiger partial charge in [0.25, 0.3) is 0 Å². The van der Waals surface area contributed by atoms with E-state index < -0.39 is 17.2 Å². The van der Waals surface area contributed by atoms with Crippen LogP contribution in [-0.2, 0) is 0 Å². The minimum absolute atomic E-state index is 0.183. The van der Waals surface area contributed by atoms with Crippen LogP contribution in [0.15, 0.2) is 29.6 Å². The summed E-state index contributed by atoms with van der Waals surface area (Å²) in [7, 11) is 0. The zero-order valence-electron chi connectivity index (χ0n) is 7.54. The molecule has 0 atom stereocenters. The molecule has 0 saturated heterocycles. The number of hydrogen-bond donors (Lipinski definition) is 0. The number of benzene rings is 1. The van der Waals surface area contributed by atoms with Crippen LogP contribution in [-0.4, -0.2) is 6.29 Å². The molecular formula is C11H6F2OS. The first-order chi connectivity index (χ1) is 7.22. The summed E-state index contributed by atoms with van der Waals surface area (Å²) < 4.78 is 26.5. The molecule has 0 amide bonds. The Morgan fingerprint density at radius 2 is 1.87 bits per heavy atom. The number of carbonyl (C=O) groups is 1. The fourth-order valence-corrected chi connectivity index (χ4v) is 2.00. The van der Waals surface area contributed by atoms with Crippen LogP contribution in [0.25, 0.3) is 10.4 Å². The lowest BCUT2D eigenvalue weighted by Gasteiger charge is -2.01. The Balaban J connectivity index is 2.58. The Bertz CT molecular complexity index is 468. The second-order valence-electron chi connectivity index (χ2n) is 2.95. The van der Waals surface area contributed by atoms with Gasteiger partial charge >= 0.3 is 0 Å². The summed E-state index contributed by atoms with van der Waals surface area (Å²) >= 11 is 1.39. The minimum Gasteiger partial charge on any atom is -0.298 e. The van der Waals surface area contributed by atoms with Crippen LogP contribution in [0.3, 0.4) is 0 Å². The molecule has 1 nitrogen and oxygen atoms in total. The van der Waals surface area contributed by atoms with Crippen molar-refractivity contribution < 1.29 is 13.6 Å². The van der Waals surface area contributed by atoms with Crippen LogP contribution >= 0.6 is 11.3 Å². The maximum absolute atomic E-state index is 13.2. The lowest BCUT2D eigenvalue weighted by atomic mass is 10.1. The molecule has 15 heavy (non-hydrogen) atoms. The first-order valence-electron chi connectivity index (χ1n) is 4.20. The van der Waals surface area contributed by atoms with Crippen molar-refractivity contribution in [1.29, 1.82) is 0 Å². The van der Waals surface area contributed by atoms with Crippen LogP contribution in [0.4, 0.5) is 8.78 Å². The molecule has 2 aromatic rings. The average molecular weight is 224 g/mol. The Morgan fingerprint density at radius 1 is 1.20 bits per heavy atom. The molecular weight excluding hydrogens is 218 g/mol. The van der Waals surface area contributed by atoms with Crippen LogP contribution in [0, 0.1) is 11.6 Å². The largest absolute Gasteiger partial charge is 0.298 e. The molecule has 76 valence electrons. The maximum Gasteiger partial charge on any atom is 0.155 e. The number of halogens is 2. The standard InChI is InChI=1S/C11H6F2OS/c12-9-4-7(11-2-1-3-15-11)5-10(13)8(9)6-14/h1-6H. The highest BCUT2D eigenvalue weighted by atomic mass is 32.1. The van der Waals surface area contributed by atoms with E-state index in [4.69, 9.17) is 0 Å². The van der Waals surface area contributed by atoms with Gasteiger partial charge in [-0.2, -0.15) is 0 Å². The van der Waals surface area contributed by atoms with Crippen LogP contribution in [0.5, 0.6) is 0 Å². The summed E-state index contributed by atoms with van der Waals surface area (Å²) in [5.41, 5.74) is -0.0686. The van der Waals surface area contributed by atoms with Gasteiger partial charge in [0.2, 0.25) is 0 Å². The second kappa shape index (κ2) is 3.90. The van der Waals surface area contributed by atoms with Gasteiger partial charge in [0.1, 0.15) is 11.6 Å². The summed E-state index contributed by atoms with van der Waals surface area (Å²) in [5, 5.41) is 1.82. The third-order valence-electron chi connectivity index (χ3n) is 2.00. The normalized spacial score (nSPS) is 10.3. The van der Waals surface area contributed by atoms with Gasteiger partial charge < -0.3 is 0 Å². The van der Waals surface area contributed by atoms with Crippen molar-refractivity contribution in [3.8, 4) is 10.4 Å². The minimum atomic E-state index is -0.826. The highest BCUT2D eigenvalue weighted by molar-refractivity contribution is 7.13. The molecule has 1 heterocycles. The van der Waals surface area contributed by atoms with Gasteiger partial charge in [-0.25, -0.2) is 8.78 Å². The molecule has 0 aliphatic rings. The van der Waals surface area contributed by atoms with Crippen molar-refractivity contribution in [2.24, 2.45) is 0 Å². The third-order valence-corrected chi connectivity index (χ3v) is 2.92. The van der Waals surface area contributed by atoms with E-state index in [0.29, 0.717) is 5.56 Å². The smallest absolute Gasteiger partial charge is 0.155 e. The molecule has 2 rings (SSSR count). The molecule has 0 aliphatic heterocycles. The number of aldehydes is 1. The Hall–Kier alpha value is -1.55. The van der Waals surface area contributed by atoms with Crippen LogP contribution in [0.2, 0.25) is 0 Å². The molecule has 0 fully saturated rings. The zero-order valence-corrected chi connectivity index (χ0v) is 8.35. The van der Waals surface area contributed by atoms with Crippen molar-refractivity contribution in [2.75, 3.05) is 0 Å². The Labute approximate surface area is 89.0 Å². The quantitative estimate of drug-likeness (QED) is 0.713. The van der Waals surface area contributed by atoms with E-state index in [0.717, 1.165) is 4.88 Å². The Morgan fingerprint density at radius 3 is 2.33 bits per heavy atom. The van der Waals surface area contributed by atoms with E-state index >= 15 is 0 Å². The number of hydrogen-bond acceptors (Lipinski definition) is 2. The van der Waals surface area contributed by atoms with Crippen molar-refractivity contribution in [3.63, 3.8) is 0 Å². The summed E-state index contributed by atoms with van der Waals surface area (Å²) in [6.45, 7) is 0. The van der Waals surface area contributed by atoms with Gasteiger partial charge in [-0.05, 0) is 29.1 Å². The predicted octanol–water partition coefficient (Wildman–Crippen LogP) is 3.51. The molecule has 1 aromatic carbocycles. The summed E-state index contributed by atoms with van der Waals surface area (Å²) in [6, 6.07) is 5.89. The van der Waals surface area contributed by atoms with Gasteiger partial charge in [-0.15, -0.1) is 11.3 Å². The van der Waals surface area contributed by atoms with E-state index in [9.17, 15) is 13.6 Å². The lowest BCUT2D eigenvalue weighted by molar-refractivity contribution is 0.111. The molecule has 4 heteroatoms.